The molecule has 0 aliphatic carbocycles. The van der Waals surface area contributed by atoms with Crippen molar-refractivity contribution in [2.24, 2.45) is 0 Å². The molecule has 2 aromatic rings. The van der Waals surface area contributed by atoms with Crippen LogP contribution in [0.1, 0.15) is 23.4 Å². The van der Waals surface area contributed by atoms with E-state index in [2.05, 4.69) is 9.97 Å². The summed E-state index contributed by atoms with van der Waals surface area (Å²) in [5.74, 6) is 0. The Labute approximate surface area is 108 Å². The van der Waals surface area contributed by atoms with Gasteiger partial charge < -0.3 is 0 Å². The van der Waals surface area contributed by atoms with E-state index >= 15 is 0 Å². The fraction of sp³-hybridized carbons (Fsp3) is 0.308. The molecule has 0 spiro atoms. The minimum Gasteiger partial charge on any atom is -0.299 e. The summed E-state index contributed by atoms with van der Waals surface area (Å²) >= 11 is 0. The second-order valence-corrected chi connectivity index (χ2v) is 4.22. The van der Waals surface area contributed by atoms with Gasteiger partial charge in [0.25, 0.3) is 12.0 Å². The molecule has 100 valence electrons. The summed E-state index contributed by atoms with van der Waals surface area (Å²) in [4.78, 5) is 19.4. The second kappa shape index (κ2) is 5.69. The number of hydrogen-bond acceptors (Lipinski definition) is 3. The van der Waals surface area contributed by atoms with Crippen LogP contribution in [0.5, 0.6) is 0 Å². The topological polar surface area (TPSA) is 47.8 Å². The van der Waals surface area contributed by atoms with Crippen LogP contribution in [0, 0.1) is 6.92 Å². The molecule has 0 fully saturated rings. The van der Waals surface area contributed by atoms with Crippen LogP contribution < -0.4 is 5.56 Å². The summed E-state index contributed by atoms with van der Waals surface area (Å²) < 4.78 is 26.0. The van der Waals surface area contributed by atoms with Crippen molar-refractivity contribution < 1.29 is 8.78 Å². The first-order valence-electron chi connectivity index (χ1n) is 5.82. The third-order valence-corrected chi connectivity index (χ3v) is 2.71. The van der Waals surface area contributed by atoms with Gasteiger partial charge in [0.1, 0.15) is 5.69 Å². The highest BCUT2D eigenvalue weighted by molar-refractivity contribution is 5.12. The molecular formula is C13H13F2N3O. The van der Waals surface area contributed by atoms with E-state index in [1.165, 1.54) is 4.57 Å². The first-order valence-corrected chi connectivity index (χ1v) is 5.82. The van der Waals surface area contributed by atoms with Crippen LogP contribution in [-0.4, -0.2) is 14.5 Å². The van der Waals surface area contributed by atoms with Crippen LogP contribution in [0.3, 0.4) is 0 Å². The maximum Gasteiger partial charge on any atom is 0.280 e. The highest BCUT2D eigenvalue weighted by atomic mass is 19.3. The van der Waals surface area contributed by atoms with E-state index in [0.29, 0.717) is 13.0 Å². The lowest BCUT2D eigenvalue weighted by molar-refractivity contribution is 0.145. The highest BCUT2D eigenvalue weighted by Crippen LogP contribution is 2.13. The third-order valence-electron chi connectivity index (χ3n) is 2.71. The van der Waals surface area contributed by atoms with Gasteiger partial charge in [0.15, 0.2) is 0 Å². The van der Waals surface area contributed by atoms with E-state index in [1.807, 2.05) is 19.1 Å². The van der Waals surface area contributed by atoms with Crippen LogP contribution in [0.25, 0.3) is 0 Å². The Morgan fingerprint density at radius 1 is 1.32 bits per heavy atom. The lowest BCUT2D eigenvalue weighted by atomic mass is 10.2. The fourth-order valence-electron chi connectivity index (χ4n) is 1.61. The normalized spacial score (nSPS) is 10.9. The van der Waals surface area contributed by atoms with Gasteiger partial charge in [0.05, 0.1) is 6.33 Å². The van der Waals surface area contributed by atoms with Crippen LogP contribution >= 0.6 is 0 Å². The minimum atomic E-state index is -2.72. The zero-order valence-corrected chi connectivity index (χ0v) is 10.4. The molecule has 6 heteroatoms. The summed E-state index contributed by atoms with van der Waals surface area (Å²) in [6, 6.07) is 4.68. The molecule has 0 aliphatic rings. The van der Waals surface area contributed by atoms with Gasteiger partial charge in [-0.1, -0.05) is 6.07 Å². The summed E-state index contributed by atoms with van der Waals surface area (Å²) in [6.07, 6.45) is 0.727. The monoisotopic (exact) mass is 265 g/mol. The van der Waals surface area contributed by atoms with Crippen molar-refractivity contribution in [2.45, 2.75) is 26.3 Å². The molecule has 0 N–H and O–H groups in total. The molecule has 0 atom stereocenters. The predicted molar refractivity (Wildman–Crippen MR) is 66.1 cm³/mol. The number of rotatable bonds is 4. The van der Waals surface area contributed by atoms with Crippen molar-refractivity contribution in [3.05, 3.63) is 58.0 Å². The largest absolute Gasteiger partial charge is 0.299 e. The molecule has 0 saturated heterocycles. The Bertz CT molecular complexity index is 608. The number of aryl methyl sites for hydroxylation is 3. The number of alkyl halides is 2. The van der Waals surface area contributed by atoms with Gasteiger partial charge in [-0.2, -0.15) is 0 Å². The molecular weight excluding hydrogens is 252 g/mol. The van der Waals surface area contributed by atoms with Crippen LogP contribution in [0.2, 0.25) is 0 Å². The maximum absolute atomic E-state index is 12.3. The average molecular weight is 265 g/mol. The van der Waals surface area contributed by atoms with E-state index in [4.69, 9.17) is 0 Å². The van der Waals surface area contributed by atoms with E-state index in [0.717, 1.165) is 23.7 Å². The minimum absolute atomic E-state index is 0.366. The summed E-state index contributed by atoms with van der Waals surface area (Å²) in [5.41, 5.74) is 0.937. The zero-order valence-electron chi connectivity index (χ0n) is 10.4. The van der Waals surface area contributed by atoms with Gasteiger partial charge in [-0.15, -0.1) is 0 Å². The number of hydrogen-bond donors (Lipinski definition) is 0. The Hall–Kier alpha value is -2.11. The number of halogens is 2. The molecule has 2 rings (SSSR count). The summed E-state index contributed by atoms with van der Waals surface area (Å²) in [7, 11) is 0. The van der Waals surface area contributed by atoms with E-state index in [9.17, 15) is 13.6 Å². The maximum atomic E-state index is 12.3. The Kier molecular flexibility index (Phi) is 3.99. The van der Waals surface area contributed by atoms with Gasteiger partial charge in [-0.05, 0) is 18.6 Å². The van der Waals surface area contributed by atoms with Gasteiger partial charge in [0.2, 0.25) is 0 Å². The molecule has 19 heavy (non-hydrogen) atoms. The molecule has 0 bridgehead atoms. The summed E-state index contributed by atoms with van der Waals surface area (Å²) in [6.45, 7) is 2.31. The van der Waals surface area contributed by atoms with E-state index in [1.54, 1.807) is 6.20 Å². The predicted octanol–water partition coefficient (Wildman–Crippen LogP) is 2.13. The molecule has 0 amide bonds. The van der Waals surface area contributed by atoms with Crippen molar-refractivity contribution in [3.8, 4) is 0 Å². The quantitative estimate of drug-likeness (QED) is 0.850. The van der Waals surface area contributed by atoms with Crippen molar-refractivity contribution in [1.82, 2.24) is 14.5 Å². The van der Waals surface area contributed by atoms with Gasteiger partial charge >= 0.3 is 0 Å². The number of pyridine rings is 1. The van der Waals surface area contributed by atoms with Gasteiger partial charge in [0, 0.05) is 30.9 Å². The van der Waals surface area contributed by atoms with Crippen LogP contribution in [-0.2, 0) is 13.0 Å². The van der Waals surface area contributed by atoms with Crippen LogP contribution in [0.15, 0.2) is 35.5 Å². The smallest absolute Gasteiger partial charge is 0.280 e. The molecule has 2 aromatic heterocycles. The molecule has 0 radical (unpaired) electrons. The number of aromatic nitrogens is 3. The molecule has 2 heterocycles. The Balaban J connectivity index is 2.07. The molecule has 0 unspecified atom stereocenters. The Morgan fingerprint density at radius 2 is 2.11 bits per heavy atom. The lowest BCUT2D eigenvalue weighted by Gasteiger charge is -2.06. The highest BCUT2D eigenvalue weighted by Gasteiger charge is 2.10. The SMILES string of the molecule is Cc1ccc(CCn2cnc(C(F)F)cc2=O)nc1. The molecule has 4 nitrogen and oxygen atoms in total. The van der Waals surface area contributed by atoms with Crippen LogP contribution in [0.4, 0.5) is 8.78 Å². The Morgan fingerprint density at radius 3 is 2.68 bits per heavy atom. The average Bonchev–Trinajstić information content (AvgIpc) is 2.39. The molecule has 0 aliphatic heterocycles. The van der Waals surface area contributed by atoms with E-state index < -0.39 is 17.7 Å². The first-order chi connectivity index (χ1) is 9.06. The van der Waals surface area contributed by atoms with E-state index in [-0.39, 0.29) is 0 Å². The van der Waals surface area contributed by atoms with Crippen molar-refractivity contribution in [1.29, 1.82) is 0 Å². The first kappa shape index (κ1) is 13.3. The zero-order chi connectivity index (χ0) is 13.8. The number of nitrogens with zero attached hydrogens (tertiary/aromatic N) is 3. The molecule has 0 aromatic carbocycles. The van der Waals surface area contributed by atoms with Crippen molar-refractivity contribution >= 4 is 0 Å². The summed E-state index contributed by atoms with van der Waals surface area (Å²) in [5, 5.41) is 0. The molecule has 0 saturated carbocycles. The van der Waals surface area contributed by atoms with Crippen molar-refractivity contribution in [2.75, 3.05) is 0 Å². The van der Waals surface area contributed by atoms with Crippen molar-refractivity contribution in [3.63, 3.8) is 0 Å². The fourth-order valence-corrected chi connectivity index (χ4v) is 1.61. The standard InChI is InChI=1S/C13H13F2N3O/c1-9-2-3-10(16-7-9)4-5-18-8-17-11(13(14)15)6-12(18)19/h2-3,6-8,13H,4-5H2,1H3. The third kappa shape index (κ3) is 3.43. The van der Waals surface area contributed by atoms with Gasteiger partial charge in [-0.25, -0.2) is 13.8 Å². The second-order valence-electron chi connectivity index (χ2n) is 4.22. The van der Waals surface area contributed by atoms with Gasteiger partial charge in [-0.3, -0.25) is 14.3 Å². The lowest BCUT2D eigenvalue weighted by Crippen LogP contribution is -2.22.